The van der Waals surface area contributed by atoms with Crippen LogP contribution >= 0.6 is 0 Å². The van der Waals surface area contributed by atoms with Crippen LogP contribution in [0.25, 0.3) is 0 Å². The van der Waals surface area contributed by atoms with Crippen molar-refractivity contribution in [2.45, 2.75) is 211 Å². The average molecular weight is 957 g/mol. The summed E-state index contributed by atoms with van der Waals surface area (Å²) in [5.74, 6) is -1.88. The van der Waals surface area contributed by atoms with Gasteiger partial charge in [-0.05, 0) is 109 Å². The third-order valence-electron chi connectivity index (χ3n) is 19.3. The van der Waals surface area contributed by atoms with Gasteiger partial charge in [-0.25, -0.2) is 4.79 Å². The van der Waals surface area contributed by atoms with Crippen molar-refractivity contribution >= 4 is 11.9 Å². The number of ether oxygens (including phenoxy) is 6. The van der Waals surface area contributed by atoms with Gasteiger partial charge in [-0.2, -0.15) is 0 Å². The fourth-order valence-electron chi connectivity index (χ4n) is 15.0. The molecule has 19 heteroatoms. The van der Waals surface area contributed by atoms with E-state index in [1.807, 2.05) is 0 Å². The van der Waals surface area contributed by atoms with Gasteiger partial charge in [0.1, 0.15) is 67.1 Å². The molecule has 19 nitrogen and oxygen atoms in total. The summed E-state index contributed by atoms with van der Waals surface area (Å²) < 4.78 is 35.0. The molecule has 67 heavy (non-hydrogen) atoms. The van der Waals surface area contributed by atoms with Gasteiger partial charge in [0.05, 0.1) is 24.7 Å². The highest BCUT2D eigenvalue weighted by atomic mass is 16.7. The van der Waals surface area contributed by atoms with Crippen LogP contribution in [-0.2, 0) is 38.0 Å². The summed E-state index contributed by atoms with van der Waals surface area (Å²) in [6, 6.07) is 0. The Morgan fingerprint density at radius 3 is 1.82 bits per heavy atom. The number of hydrogen-bond donors (Lipinski definition) is 11. The molecule has 4 saturated carbocycles. The molecule has 0 radical (unpaired) electrons. The molecular formula is C48H76O19. The SMILES string of the molecule is CC1(C)CC[C@]2(C(=O)O[C@@H]3O[C@H](CO)[C@@H](O)[C@H](O)[C@H]3O)CC[C@]3(C)C(=CC[C@@H]4[C@@]5(C)CC[C@H](O[C@@H]6O[C@H](C(=O)O)[C@@H](O[C@@H]7O[C@H](CO)[C@@H](O)[C@H](O)[C@H]7O)[C@H](O)[C@H]6O)C(C)(C)C5CC[C@]43C)[C@@H]2C1. The van der Waals surface area contributed by atoms with Crippen LogP contribution in [0, 0.1) is 50.2 Å². The first kappa shape index (κ1) is 51.4. The molecule has 0 aromatic rings. The van der Waals surface area contributed by atoms with Gasteiger partial charge in [0.15, 0.2) is 18.7 Å². The number of fused-ring (bicyclic) bond motifs is 7. The molecule has 5 aliphatic carbocycles. The number of carbonyl (C=O) groups is 2. The van der Waals surface area contributed by atoms with Crippen LogP contribution in [-0.4, -0.2) is 180 Å². The van der Waals surface area contributed by atoms with Crippen molar-refractivity contribution < 1.29 is 94.2 Å². The third kappa shape index (κ3) is 8.06. The zero-order chi connectivity index (χ0) is 49.1. The second-order valence-corrected chi connectivity index (χ2v) is 23.5. The first-order chi connectivity index (χ1) is 31.2. The molecule has 0 aromatic heterocycles. The van der Waals surface area contributed by atoms with Crippen molar-refractivity contribution in [3.63, 3.8) is 0 Å². The lowest BCUT2D eigenvalue weighted by Crippen LogP contribution is -2.67. The topological polar surface area (TPSA) is 312 Å². The summed E-state index contributed by atoms with van der Waals surface area (Å²) in [5, 5.41) is 115. The Bertz CT molecular complexity index is 1870. The molecule has 3 heterocycles. The maximum absolute atomic E-state index is 14.7. The maximum atomic E-state index is 14.7. The van der Waals surface area contributed by atoms with E-state index in [-0.39, 0.29) is 39.4 Å². The van der Waals surface area contributed by atoms with Crippen LogP contribution in [0.2, 0.25) is 0 Å². The van der Waals surface area contributed by atoms with E-state index in [0.717, 1.165) is 38.5 Å². The molecule has 7 fully saturated rings. The summed E-state index contributed by atoms with van der Waals surface area (Å²) in [6.45, 7) is 14.4. The number of carbonyl (C=O) groups excluding carboxylic acids is 1. The third-order valence-corrected chi connectivity index (χ3v) is 19.3. The molecule has 11 N–H and O–H groups in total. The molecule has 0 aromatic carbocycles. The molecule has 0 bridgehead atoms. The van der Waals surface area contributed by atoms with Crippen molar-refractivity contribution in [3.8, 4) is 0 Å². The Labute approximate surface area is 391 Å². The first-order valence-electron chi connectivity index (χ1n) is 24.3. The minimum Gasteiger partial charge on any atom is -0.479 e. The first-order valence-corrected chi connectivity index (χ1v) is 24.3. The van der Waals surface area contributed by atoms with E-state index in [1.54, 1.807) is 0 Å². The summed E-state index contributed by atoms with van der Waals surface area (Å²) >= 11 is 0. The van der Waals surface area contributed by atoms with Gasteiger partial charge >= 0.3 is 11.9 Å². The Morgan fingerprint density at radius 2 is 1.21 bits per heavy atom. The molecule has 0 spiro atoms. The average Bonchev–Trinajstić information content (AvgIpc) is 3.26. The Hall–Kier alpha value is -1.92. The van der Waals surface area contributed by atoms with Crippen molar-refractivity contribution in [1.29, 1.82) is 0 Å². The molecule has 23 atom stereocenters. The fraction of sp³-hybridized carbons (Fsp3) is 0.917. The lowest BCUT2D eigenvalue weighted by atomic mass is 9.33. The van der Waals surface area contributed by atoms with Crippen LogP contribution in [0.3, 0.4) is 0 Å². The predicted octanol–water partition coefficient (Wildman–Crippen LogP) is 0.233. The van der Waals surface area contributed by atoms with Crippen molar-refractivity contribution in [1.82, 2.24) is 0 Å². The fourth-order valence-corrected chi connectivity index (χ4v) is 15.0. The van der Waals surface area contributed by atoms with Gasteiger partial charge in [-0.1, -0.05) is 60.1 Å². The number of esters is 1. The van der Waals surface area contributed by atoms with Crippen LogP contribution in [0.15, 0.2) is 11.6 Å². The number of allylic oxidation sites excluding steroid dienone is 2. The summed E-state index contributed by atoms with van der Waals surface area (Å²) in [4.78, 5) is 27.3. The Balaban J connectivity index is 1.01. The number of aliphatic hydroxyl groups excluding tert-OH is 10. The Morgan fingerprint density at radius 1 is 0.642 bits per heavy atom. The van der Waals surface area contributed by atoms with E-state index in [1.165, 1.54) is 5.57 Å². The van der Waals surface area contributed by atoms with Gasteiger partial charge in [-0.15, -0.1) is 0 Å². The lowest BCUT2D eigenvalue weighted by Gasteiger charge is -2.71. The van der Waals surface area contributed by atoms with Crippen LogP contribution in [0.5, 0.6) is 0 Å². The molecule has 8 rings (SSSR count). The molecule has 3 aliphatic heterocycles. The molecule has 8 aliphatic rings. The van der Waals surface area contributed by atoms with Crippen LogP contribution < -0.4 is 0 Å². The molecule has 3 saturated heterocycles. The van der Waals surface area contributed by atoms with Gasteiger partial charge < -0.3 is 84.6 Å². The minimum atomic E-state index is -1.91. The van der Waals surface area contributed by atoms with E-state index < -0.39 is 134 Å². The highest BCUT2D eigenvalue weighted by Gasteiger charge is 2.70. The quantitative estimate of drug-likeness (QED) is 0.0838. The van der Waals surface area contributed by atoms with Gasteiger partial charge in [0.25, 0.3) is 0 Å². The summed E-state index contributed by atoms with van der Waals surface area (Å²) in [5.41, 5.74) is -0.914. The molecular weight excluding hydrogens is 881 g/mol. The monoisotopic (exact) mass is 956 g/mol. The number of aliphatic hydroxyl groups is 10. The van der Waals surface area contributed by atoms with E-state index in [4.69, 9.17) is 28.4 Å². The van der Waals surface area contributed by atoms with Gasteiger partial charge in [-0.3, -0.25) is 4.79 Å². The maximum Gasteiger partial charge on any atom is 0.335 e. The standard InChI is InChI=1S/C48H76O19/c1-43(2)14-16-48(42(61)67-40-34(57)31(54)29(52)24(20-50)63-40)17-15-46(6)21(22(48)18-43)8-9-26-45(5)12-11-27(44(3,4)25(45)10-13-47(26,46)7)64-41-35(58)32(55)36(37(66-41)38(59)60)65-39-33(56)30(53)28(51)23(19-49)62-39/h8,22-37,39-41,49-58H,9-20H2,1-7H3,(H,59,60)/t22-,23+,24+,25?,26+,27-,28+,29+,30-,31-,32+,33+,34+,35+,36-,37-,39-,40-,41+,45-,46+,47+,48-/m0/s1. The van der Waals surface area contributed by atoms with E-state index >= 15 is 0 Å². The number of hydrogen-bond acceptors (Lipinski definition) is 18. The van der Waals surface area contributed by atoms with E-state index in [2.05, 4.69) is 54.5 Å². The van der Waals surface area contributed by atoms with E-state index in [9.17, 15) is 65.8 Å². The second kappa shape index (κ2) is 18.0. The minimum absolute atomic E-state index is 0.0745. The van der Waals surface area contributed by atoms with Crippen LogP contribution in [0.4, 0.5) is 0 Å². The number of aliphatic carboxylic acids is 1. The van der Waals surface area contributed by atoms with Crippen molar-refractivity contribution in [2.24, 2.45) is 50.2 Å². The highest BCUT2D eigenvalue weighted by molar-refractivity contribution is 5.79. The smallest absolute Gasteiger partial charge is 0.335 e. The molecule has 0 amide bonds. The summed E-state index contributed by atoms with van der Waals surface area (Å²) in [7, 11) is 0. The highest BCUT2D eigenvalue weighted by Crippen LogP contribution is 2.76. The number of rotatable bonds is 9. The van der Waals surface area contributed by atoms with Crippen molar-refractivity contribution in [3.05, 3.63) is 11.6 Å². The molecule has 1 unspecified atom stereocenters. The van der Waals surface area contributed by atoms with Gasteiger partial charge in [0, 0.05) is 0 Å². The Kier molecular flexibility index (Phi) is 13.8. The normalized spacial score (nSPS) is 52.6. The zero-order valence-corrected chi connectivity index (χ0v) is 39.7. The van der Waals surface area contributed by atoms with E-state index in [0.29, 0.717) is 25.7 Å². The second-order valence-electron chi connectivity index (χ2n) is 23.5. The largest absolute Gasteiger partial charge is 0.479 e. The van der Waals surface area contributed by atoms with Crippen molar-refractivity contribution in [2.75, 3.05) is 13.2 Å². The number of carboxylic acid groups (broad SMARTS) is 1. The zero-order valence-electron chi connectivity index (χ0n) is 39.7. The predicted molar refractivity (Wildman–Crippen MR) is 231 cm³/mol. The van der Waals surface area contributed by atoms with Crippen LogP contribution in [0.1, 0.15) is 113 Å². The summed E-state index contributed by atoms with van der Waals surface area (Å²) in [6.07, 6.45) is -16.3. The molecule has 382 valence electrons. The number of carboxylic acids is 1. The van der Waals surface area contributed by atoms with Gasteiger partial charge in [0.2, 0.25) is 6.29 Å². The lowest BCUT2D eigenvalue weighted by molar-refractivity contribution is -0.363.